The summed E-state index contributed by atoms with van der Waals surface area (Å²) in [5.74, 6) is -9.19. The van der Waals surface area contributed by atoms with Crippen molar-refractivity contribution in [1.29, 1.82) is 5.41 Å². The Morgan fingerprint density at radius 1 is 1.21 bits per heavy atom. The molecule has 3 aromatic rings. The van der Waals surface area contributed by atoms with Crippen molar-refractivity contribution in [3.63, 3.8) is 0 Å². The topological polar surface area (TPSA) is 137 Å². The highest BCUT2D eigenvalue weighted by Crippen LogP contribution is 2.18. The summed E-state index contributed by atoms with van der Waals surface area (Å²) >= 11 is 0. The summed E-state index contributed by atoms with van der Waals surface area (Å²) in [6.07, 6.45) is 3.13. The number of hydrogen-bond donors (Lipinski definition) is 4. The van der Waals surface area contributed by atoms with Gasteiger partial charge in [-0.15, -0.1) is 0 Å². The Balaban J connectivity index is 1.82. The minimum Gasteiger partial charge on any atom is -0.477 e. The second kappa shape index (κ2) is 9.89. The predicted molar refractivity (Wildman–Crippen MR) is 108 cm³/mol. The Hall–Kier alpha value is -4.29. The largest absolute Gasteiger partial charge is 0.477 e. The lowest BCUT2D eigenvalue weighted by Crippen LogP contribution is -2.36. The molecule has 0 fully saturated rings. The maximum absolute atomic E-state index is 13.9. The number of carbonyl (C=O) groups is 1. The molecule has 0 aliphatic heterocycles. The zero-order valence-electron chi connectivity index (χ0n) is 16.7. The highest BCUT2D eigenvalue weighted by molar-refractivity contribution is 6.07. The van der Waals surface area contributed by atoms with Crippen molar-refractivity contribution >= 4 is 23.2 Å². The number of carboxylic acid groups (broad SMARTS) is 1. The smallest absolute Gasteiger partial charge is 0.376 e. The van der Waals surface area contributed by atoms with Crippen LogP contribution in [0, 0.1) is 17.0 Å². The van der Waals surface area contributed by atoms with Crippen molar-refractivity contribution < 1.29 is 32.0 Å². The normalized spacial score (nSPS) is 11.8. The van der Waals surface area contributed by atoms with E-state index in [1.807, 2.05) is 5.32 Å². The maximum Gasteiger partial charge on any atom is 0.376 e. The fourth-order valence-electron chi connectivity index (χ4n) is 2.50. The number of benzene rings is 1. The number of rotatable bonds is 10. The second-order valence-electron chi connectivity index (χ2n) is 6.55. The number of aliphatic carboxylic acids is 1. The average molecular weight is 464 g/mol. The third-order valence-corrected chi connectivity index (χ3v) is 4.21. The minimum atomic E-state index is -4.16. The van der Waals surface area contributed by atoms with Crippen LogP contribution in [0.4, 0.5) is 23.4 Å². The molecule has 13 heteroatoms. The van der Waals surface area contributed by atoms with Crippen molar-refractivity contribution in [1.82, 2.24) is 20.4 Å². The Labute approximate surface area is 183 Å². The van der Waals surface area contributed by atoms with Crippen LogP contribution in [0.25, 0.3) is 5.70 Å². The van der Waals surface area contributed by atoms with E-state index in [1.165, 1.54) is 30.5 Å². The number of nitrogens with one attached hydrogen (secondary N) is 3. The monoisotopic (exact) mass is 464 g/mol. The van der Waals surface area contributed by atoms with Crippen molar-refractivity contribution in [2.45, 2.75) is 12.5 Å². The first-order valence-corrected chi connectivity index (χ1v) is 9.23. The van der Waals surface area contributed by atoms with Crippen molar-refractivity contribution in [3.05, 3.63) is 77.6 Å². The maximum atomic E-state index is 13.9. The van der Waals surface area contributed by atoms with Gasteiger partial charge in [0.1, 0.15) is 23.5 Å². The highest BCUT2D eigenvalue weighted by Gasteiger charge is 2.38. The number of carboxylic acids is 1. The molecule has 2 aromatic heterocycles. The van der Waals surface area contributed by atoms with Crippen molar-refractivity contribution in [3.8, 4) is 0 Å². The molecule has 9 nitrogen and oxygen atoms in total. The Kier molecular flexibility index (Phi) is 7.00. The number of nitrogens with zero attached hydrogens (tertiary/aromatic N) is 3. The molecule has 0 unspecified atom stereocenters. The number of anilines is 1. The van der Waals surface area contributed by atoms with Gasteiger partial charge < -0.3 is 20.3 Å². The van der Waals surface area contributed by atoms with Gasteiger partial charge in [0.15, 0.2) is 17.5 Å². The summed E-state index contributed by atoms with van der Waals surface area (Å²) in [6.45, 7) is -1.40. The van der Waals surface area contributed by atoms with Crippen LogP contribution in [0.3, 0.4) is 0 Å². The Bertz CT molecular complexity index is 1180. The van der Waals surface area contributed by atoms with Gasteiger partial charge in [-0.1, -0.05) is 23.4 Å². The zero-order valence-corrected chi connectivity index (χ0v) is 16.7. The SMILES string of the molecule is N=C(/C=C(\NCc1ccccc1F)c1ccon1)c1ncc(F)c(NCC(F)(F)C(=O)O)n1. The lowest BCUT2D eigenvalue weighted by atomic mass is 10.2. The molecule has 0 radical (unpaired) electrons. The molecular weight excluding hydrogens is 448 g/mol. The molecule has 3 rings (SSSR count). The van der Waals surface area contributed by atoms with Gasteiger partial charge in [-0.05, 0) is 12.1 Å². The number of alkyl halides is 2. The standard InChI is InChI=1S/C20H16F4N6O3/c21-12-4-2-1-3-11(12)8-26-16(15-5-6-33-30-15)7-14(25)18-27-9-13(22)17(29-18)28-10-20(23,24)19(31)32/h1-7,9,25-26H,8,10H2,(H,31,32)(H,27,28,29)/b16-7-,25-14?. The molecule has 0 saturated carbocycles. The number of allylic oxidation sites excluding steroid dienone is 1. The Morgan fingerprint density at radius 3 is 2.64 bits per heavy atom. The molecule has 0 atom stereocenters. The van der Waals surface area contributed by atoms with E-state index in [0.717, 1.165) is 0 Å². The predicted octanol–water partition coefficient (Wildman–Crippen LogP) is 3.07. The molecule has 0 amide bonds. The average Bonchev–Trinajstić information content (AvgIpc) is 3.31. The van der Waals surface area contributed by atoms with Gasteiger partial charge in [0.25, 0.3) is 0 Å². The van der Waals surface area contributed by atoms with Crippen LogP contribution in [0.15, 0.2) is 53.4 Å². The summed E-state index contributed by atoms with van der Waals surface area (Å²) in [5.41, 5.74) is 0.443. The molecule has 1 aromatic carbocycles. The zero-order chi connectivity index (χ0) is 24.0. The first-order chi connectivity index (χ1) is 15.7. The van der Waals surface area contributed by atoms with E-state index in [2.05, 4.69) is 20.4 Å². The van der Waals surface area contributed by atoms with Crippen LogP contribution in [-0.2, 0) is 11.3 Å². The summed E-state index contributed by atoms with van der Waals surface area (Å²) in [4.78, 5) is 17.9. The van der Waals surface area contributed by atoms with E-state index >= 15 is 0 Å². The highest BCUT2D eigenvalue weighted by atomic mass is 19.3. The van der Waals surface area contributed by atoms with Crippen LogP contribution < -0.4 is 10.6 Å². The van der Waals surface area contributed by atoms with E-state index in [-0.39, 0.29) is 29.5 Å². The molecular formula is C20H16F4N6O3. The lowest BCUT2D eigenvalue weighted by Gasteiger charge is -2.13. The van der Waals surface area contributed by atoms with E-state index in [4.69, 9.17) is 15.0 Å². The molecule has 0 bridgehead atoms. The quantitative estimate of drug-likeness (QED) is 0.265. The third kappa shape index (κ3) is 5.90. The van der Waals surface area contributed by atoms with Gasteiger partial charge in [0.05, 0.1) is 18.4 Å². The molecule has 4 N–H and O–H groups in total. The molecule has 0 aliphatic rings. The van der Waals surface area contributed by atoms with E-state index < -0.39 is 35.9 Å². The lowest BCUT2D eigenvalue weighted by molar-refractivity contribution is -0.162. The van der Waals surface area contributed by atoms with Gasteiger partial charge in [0, 0.05) is 18.2 Å². The van der Waals surface area contributed by atoms with Gasteiger partial charge in [-0.3, -0.25) is 5.41 Å². The molecule has 33 heavy (non-hydrogen) atoms. The van der Waals surface area contributed by atoms with Gasteiger partial charge in [-0.2, -0.15) is 8.78 Å². The molecule has 172 valence electrons. The van der Waals surface area contributed by atoms with Gasteiger partial charge in [0.2, 0.25) is 0 Å². The number of hydrogen-bond acceptors (Lipinski definition) is 8. The van der Waals surface area contributed by atoms with Crippen LogP contribution >= 0.6 is 0 Å². The number of aromatic nitrogens is 3. The fourth-order valence-corrected chi connectivity index (χ4v) is 2.50. The minimum absolute atomic E-state index is 0.0278. The van der Waals surface area contributed by atoms with Crippen LogP contribution in [-0.4, -0.2) is 44.4 Å². The molecule has 0 saturated heterocycles. The number of halogens is 4. The first-order valence-electron chi connectivity index (χ1n) is 9.23. The molecule has 0 spiro atoms. The van der Waals surface area contributed by atoms with Crippen LogP contribution in [0.1, 0.15) is 17.1 Å². The summed E-state index contributed by atoms with van der Waals surface area (Å²) < 4.78 is 59.2. The fraction of sp³-hybridized carbons (Fsp3) is 0.150. The Morgan fingerprint density at radius 2 is 1.97 bits per heavy atom. The van der Waals surface area contributed by atoms with E-state index in [1.54, 1.807) is 12.1 Å². The third-order valence-electron chi connectivity index (χ3n) is 4.21. The van der Waals surface area contributed by atoms with Crippen LogP contribution in [0.2, 0.25) is 0 Å². The van der Waals surface area contributed by atoms with E-state index in [0.29, 0.717) is 11.8 Å². The molecule has 0 aliphatic carbocycles. The second-order valence-corrected chi connectivity index (χ2v) is 6.55. The summed E-state index contributed by atoms with van der Waals surface area (Å²) in [6, 6.07) is 7.50. The molecule has 2 heterocycles. The summed E-state index contributed by atoms with van der Waals surface area (Å²) in [7, 11) is 0. The summed E-state index contributed by atoms with van der Waals surface area (Å²) in [5, 5.41) is 25.3. The van der Waals surface area contributed by atoms with Crippen LogP contribution in [0.5, 0.6) is 0 Å². The van der Waals surface area contributed by atoms with Gasteiger partial charge in [-0.25, -0.2) is 23.5 Å². The van der Waals surface area contributed by atoms with Crippen molar-refractivity contribution in [2.24, 2.45) is 0 Å². The van der Waals surface area contributed by atoms with E-state index in [9.17, 15) is 22.4 Å². The first kappa shape index (κ1) is 23.4. The van der Waals surface area contributed by atoms with Crippen molar-refractivity contribution in [2.75, 3.05) is 11.9 Å². The van der Waals surface area contributed by atoms with Gasteiger partial charge >= 0.3 is 11.9 Å².